The van der Waals surface area contributed by atoms with Crippen LogP contribution < -0.4 is 4.72 Å². The average Bonchev–Trinajstić information content (AvgIpc) is 3.13. The molecule has 7 nitrogen and oxygen atoms in total. The molecule has 0 saturated carbocycles. The van der Waals surface area contributed by atoms with E-state index in [2.05, 4.69) is 21.5 Å². The second kappa shape index (κ2) is 7.71. The number of aliphatic hydroxyl groups is 1. The van der Waals surface area contributed by atoms with Gasteiger partial charge in [-0.3, -0.25) is 18.9 Å². The van der Waals surface area contributed by atoms with Crippen molar-refractivity contribution in [1.82, 2.24) is 19.2 Å². The van der Waals surface area contributed by atoms with Crippen LogP contribution in [-0.4, -0.2) is 42.9 Å². The third kappa shape index (κ3) is 4.15. The van der Waals surface area contributed by atoms with Gasteiger partial charge in [-0.15, -0.1) is 0 Å². The average molecular weight is 322 g/mol. The number of aromatic nitrogens is 2. The second-order valence-electron chi connectivity index (χ2n) is 4.65. The lowest BCUT2D eigenvalue weighted by atomic mass is 10.1. The molecule has 0 bridgehead atoms. The van der Waals surface area contributed by atoms with Crippen LogP contribution in [0.15, 0.2) is 48.3 Å². The molecule has 0 aliphatic carbocycles. The number of aromatic amines is 1. The summed E-state index contributed by atoms with van der Waals surface area (Å²) in [5.74, 6) is -0.329. The third-order valence-corrected chi connectivity index (χ3v) is 4.33. The summed E-state index contributed by atoms with van der Waals surface area (Å²) < 4.78 is 15.3. The summed E-state index contributed by atoms with van der Waals surface area (Å²) in [6.45, 7) is 3.44. The van der Waals surface area contributed by atoms with Gasteiger partial charge >= 0.3 is 0 Å². The zero-order chi connectivity index (χ0) is 15.9. The fourth-order valence-electron chi connectivity index (χ4n) is 1.96. The molecule has 1 amide bonds. The van der Waals surface area contributed by atoms with Crippen molar-refractivity contribution in [1.29, 1.82) is 0 Å². The van der Waals surface area contributed by atoms with Gasteiger partial charge in [0.15, 0.2) is 0 Å². The Morgan fingerprint density at radius 1 is 1.55 bits per heavy atom. The molecular weight excluding hydrogens is 304 g/mol. The predicted molar refractivity (Wildman–Crippen MR) is 83.3 cm³/mol. The highest BCUT2D eigenvalue weighted by molar-refractivity contribution is 7.81. The van der Waals surface area contributed by atoms with Crippen molar-refractivity contribution in [2.75, 3.05) is 13.2 Å². The summed E-state index contributed by atoms with van der Waals surface area (Å²) >= 11 is -1.63. The monoisotopic (exact) mass is 322 g/mol. The number of aliphatic hydroxyl groups excluding tert-OH is 1. The van der Waals surface area contributed by atoms with Crippen molar-refractivity contribution in [2.24, 2.45) is 0 Å². The molecule has 1 unspecified atom stereocenters. The van der Waals surface area contributed by atoms with Gasteiger partial charge in [-0.2, -0.15) is 5.10 Å². The van der Waals surface area contributed by atoms with E-state index in [9.17, 15) is 14.1 Å². The van der Waals surface area contributed by atoms with Gasteiger partial charge in [-0.1, -0.05) is 18.7 Å². The van der Waals surface area contributed by atoms with Gasteiger partial charge in [-0.25, -0.2) is 4.21 Å². The van der Waals surface area contributed by atoms with Crippen LogP contribution in [0.4, 0.5) is 0 Å². The minimum atomic E-state index is -1.63. The van der Waals surface area contributed by atoms with Crippen molar-refractivity contribution in [3.8, 4) is 0 Å². The molecule has 118 valence electrons. The van der Waals surface area contributed by atoms with Crippen molar-refractivity contribution >= 4 is 17.1 Å². The van der Waals surface area contributed by atoms with E-state index in [1.165, 1.54) is 4.31 Å². The molecule has 2 rings (SSSR count). The Kier molecular flexibility index (Phi) is 5.68. The number of rotatable bonds is 7. The lowest BCUT2D eigenvalue weighted by molar-refractivity contribution is -0.118. The summed E-state index contributed by atoms with van der Waals surface area (Å²) in [5, 5.41) is 16.2. The predicted octanol–water partition coefficient (Wildman–Crippen LogP) is 0.341. The van der Waals surface area contributed by atoms with Crippen LogP contribution in [0.1, 0.15) is 12.1 Å². The highest BCUT2D eigenvalue weighted by Gasteiger charge is 2.27. The van der Waals surface area contributed by atoms with Gasteiger partial charge < -0.3 is 5.11 Å². The van der Waals surface area contributed by atoms with Crippen LogP contribution in [0.25, 0.3) is 0 Å². The Hall–Kier alpha value is -2.19. The number of allylic oxidation sites excluding steroid dienone is 4. The van der Waals surface area contributed by atoms with Crippen LogP contribution in [0.2, 0.25) is 0 Å². The normalized spacial score (nSPS) is 19.4. The number of hydrogen-bond donors (Lipinski definition) is 3. The molecule has 1 fully saturated rings. The first-order valence-corrected chi connectivity index (χ1v) is 7.85. The summed E-state index contributed by atoms with van der Waals surface area (Å²) in [6.07, 6.45) is 8.42. The number of carbonyl (C=O) groups is 1. The minimum absolute atomic E-state index is 0.0234. The smallest absolute Gasteiger partial charge is 0.253 e. The molecule has 1 aromatic heterocycles. The van der Waals surface area contributed by atoms with E-state index >= 15 is 0 Å². The Bertz CT molecular complexity index is 622. The molecule has 1 aromatic rings. The highest BCUT2D eigenvalue weighted by Crippen LogP contribution is 2.13. The number of hydrogen-bond acceptors (Lipinski definition) is 4. The van der Waals surface area contributed by atoms with E-state index < -0.39 is 11.2 Å². The first-order chi connectivity index (χ1) is 10.6. The number of nitrogens with one attached hydrogen (secondary N) is 2. The lowest BCUT2D eigenvalue weighted by Crippen LogP contribution is -2.24. The van der Waals surface area contributed by atoms with Crippen LogP contribution >= 0.6 is 0 Å². The Labute approximate surface area is 131 Å². The van der Waals surface area contributed by atoms with Gasteiger partial charge in [-0.05, 0) is 30.6 Å². The van der Waals surface area contributed by atoms with Crippen LogP contribution in [0, 0.1) is 0 Å². The molecule has 1 atom stereocenters. The number of H-pyrrole nitrogens is 1. The van der Waals surface area contributed by atoms with Crippen molar-refractivity contribution in [2.45, 2.75) is 12.8 Å². The Morgan fingerprint density at radius 2 is 2.36 bits per heavy atom. The maximum absolute atomic E-state index is 11.7. The van der Waals surface area contributed by atoms with Gasteiger partial charge in [0, 0.05) is 11.9 Å². The number of carbonyl (C=O) groups excluding carboxylic acids is 1. The third-order valence-electron chi connectivity index (χ3n) is 3.16. The molecule has 22 heavy (non-hydrogen) atoms. The molecular formula is C14H18N4O3S. The van der Waals surface area contributed by atoms with Gasteiger partial charge in [0.05, 0.1) is 12.3 Å². The fraction of sp³-hybridized carbons (Fsp3) is 0.286. The molecule has 0 aromatic carbocycles. The molecule has 8 heteroatoms. The van der Waals surface area contributed by atoms with Crippen molar-refractivity contribution in [3.05, 3.63) is 54.0 Å². The second-order valence-corrected chi connectivity index (χ2v) is 5.80. The Balaban J connectivity index is 2.05. The molecule has 1 aliphatic heterocycles. The zero-order valence-corrected chi connectivity index (χ0v) is 12.8. The van der Waals surface area contributed by atoms with Crippen LogP contribution in [0.3, 0.4) is 0 Å². The maximum Gasteiger partial charge on any atom is 0.253 e. The lowest BCUT2D eigenvalue weighted by Gasteiger charge is -2.15. The number of aryl methyl sites for hydroxylation is 1. The molecule has 1 aliphatic rings. The number of amides is 1. The molecule has 0 radical (unpaired) electrons. The summed E-state index contributed by atoms with van der Waals surface area (Å²) in [5.41, 5.74) is 2.40. The SMILES string of the molecule is C=C/C(=C\C=C(/CO)N1CC(=O)NS1=O)CCc1ccn[nH]1. The summed E-state index contributed by atoms with van der Waals surface area (Å²) in [7, 11) is 0. The van der Waals surface area contributed by atoms with E-state index in [-0.39, 0.29) is 19.1 Å². The molecule has 2 heterocycles. The van der Waals surface area contributed by atoms with E-state index in [1.54, 1.807) is 24.4 Å². The Morgan fingerprint density at radius 3 is 2.91 bits per heavy atom. The maximum atomic E-state index is 11.7. The highest BCUT2D eigenvalue weighted by atomic mass is 32.2. The van der Waals surface area contributed by atoms with E-state index in [4.69, 9.17) is 0 Å². The van der Waals surface area contributed by atoms with Gasteiger partial charge in [0.25, 0.3) is 5.91 Å². The minimum Gasteiger partial charge on any atom is -0.390 e. The first-order valence-electron chi connectivity index (χ1n) is 6.74. The first kappa shape index (κ1) is 16.2. The van der Waals surface area contributed by atoms with Gasteiger partial charge in [0.2, 0.25) is 11.2 Å². The molecule has 3 N–H and O–H groups in total. The van der Waals surface area contributed by atoms with Crippen LogP contribution in [-0.2, 0) is 22.4 Å². The largest absolute Gasteiger partial charge is 0.390 e. The standard InChI is InChI=1S/C14H18N4O3S/c1-2-11(3-5-12-7-8-15-16-12)4-6-13(10-19)18-9-14(20)17-22(18)21/h2,4,6-8,19H,1,3,5,9-10H2,(H,15,16)(H,17,20)/b11-4+,13-6+. The van der Waals surface area contributed by atoms with E-state index in [0.717, 1.165) is 24.1 Å². The van der Waals surface area contributed by atoms with Crippen molar-refractivity contribution in [3.63, 3.8) is 0 Å². The molecule has 0 spiro atoms. The summed E-state index contributed by atoms with van der Waals surface area (Å²) in [4.78, 5) is 11.2. The topological polar surface area (TPSA) is 98.3 Å². The quantitative estimate of drug-likeness (QED) is 0.631. The van der Waals surface area contributed by atoms with Gasteiger partial charge in [0.1, 0.15) is 6.54 Å². The number of nitrogens with zero attached hydrogens (tertiary/aromatic N) is 2. The zero-order valence-electron chi connectivity index (χ0n) is 12.0. The molecule has 1 saturated heterocycles. The van der Waals surface area contributed by atoms with E-state index in [1.807, 2.05) is 6.07 Å². The van der Waals surface area contributed by atoms with Crippen molar-refractivity contribution < 1.29 is 14.1 Å². The van der Waals surface area contributed by atoms with Crippen LogP contribution in [0.5, 0.6) is 0 Å². The summed E-state index contributed by atoms with van der Waals surface area (Å²) in [6, 6.07) is 1.90. The fourth-order valence-corrected chi connectivity index (χ4v) is 2.89. The van der Waals surface area contributed by atoms with E-state index in [0.29, 0.717) is 5.70 Å².